The second-order valence-electron chi connectivity index (χ2n) is 11.7. The second kappa shape index (κ2) is 13.2. The summed E-state index contributed by atoms with van der Waals surface area (Å²) in [5.74, 6) is -0.115. The lowest BCUT2D eigenvalue weighted by molar-refractivity contribution is -0.122. The minimum absolute atomic E-state index is 0.0445. The molecular formula is C35H39N3O3S. The number of anilines is 1. The van der Waals surface area contributed by atoms with E-state index in [2.05, 4.69) is 28.4 Å². The van der Waals surface area contributed by atoms with Gasteiger partial charge in [-0.1, -0.05) is 85.3 Å². The maximum absolute atomic E-state index is 13.5. The standard InChI is InChI=1S/C35H39N3O3S/c39-35(36-32-17-15-30-21-26(13-14-31(30)22-32)25-37-19-7-2-8-20-37)24-34(28-10-3-1-4-11-28)38(42(40)41)33-18-16-27-9-5-6-12-29(27)23-33/h1,3-6,9-14,16,18,21,23,32,34H,2,7-8,15,17,19-20,22,24-25H2,(H,36,39)(H,40,41). The molecule has 0 saturated carbocycles. The number of nitrogens with zero attached hydrogens (tertiary/aromatic N) is 2. The number of nitrogens with one attached hydrogen (secondary N) is 1. The summed E-state index contributed by atoms with van der Waals surface area (Å²) < 4.78 is 24.8. The van der Waals surface area contributed by atoms with Crippen molar-refractivity contribution in [3.63, 3.8) is 0 Å². The van der Waals surface area contributed by atoms with Gasteiger partial charge in [-0.15, -0.1) is 0 Å². The van der Waals surface area contributed by atoms with Gasteiger partial charge >= 0.3 is 0 Å². The van der Waals surface area contributed by atoms with Crippen LogP contribution in [-0.2, 0) is 35.4 Å². The molecule has 1 heterocycles. The summed E-state index contributed by atoms with van der Waals surface area (Å²) in [5.41, 5.74) is 5.51. The normalized spacial score (nSPS) is 18.6. The molecule has 2 N–H and O–H groups in total. The van der Waals surface area contributed by atoms with Gasteiger partial charge in [-0.25, -0.2) is 4.21 Å². The fraction of sp³-hybridized carbons (Fsp3) is 0.343. The van der Waals surface area contributed by atoms with E-state index < -0.39 is 17.3 Å². The van der Waals surface area contributed by atoms with Crippen LogP contribution in [-0.4, -0.2) is 38.7 Å². The van der Waals surface area contributed by atoms with Gasteiger partial charge in [0.1, 0.15) is 0 Å². The van der Waals surface area contributed by atoms with Crippen LogP contribution in [0, 0.1) is 0 Å². The Labute approximate surface area is 251 Å². The van der Waals surface area contributed by atoms with Crippen LogP contribution >= 0.6 is 0 Å². The summed E-state index contributed by atoms with van der Waals surface area (Å²) in [4.78, 5) is 16.1. The Balaban J connectivity index is 1.16. The van der Waals surface area contributed by atoms with E-state index in [0.29, 0.717) is 5.69 Å². The summed E-state index contributed by atoms with van der Waals surface area (Å²) in [6.45, 7) is 3.41. The van der Waals surface area contributed by atoms with E-state index in [-0.39, 0.29) is 18.4 Å². The van der Waals surface area contributed by atoms with E-state index in [1.54, 1.807) is 0 Å². The van der Waals surface area contributed by atoms with Crippen LogP contribution < -0.4 is 9.62 Å². The summed E-state index contributed by atoms with van der Waals surface area (Å²) in [6, 6.07) is 29.5. The van der Waals surface area contributed by atoms with Gasteiger partial charge in [-0.05, 0) is 90.4 Å². The molecule has 0 bridgehead atoms. The van der Waals surface area contributed by atoms with E-state index in [1.165, 1.54) is 53.3 Å². The number of amides is 1. The molecule has 0 aromatic heterocycles. The third-order valence-electron chi connectivity index (χ3n) is 8.72. The number of carbonyl (C=O) groups is 1. The zero-order valence-corrected chi connectivity index (χ0v) is 24.8. The average molecular weight is 582 g/mol. The lowest BCUT2D eigenvalue weighted by atomic mass is 9.87. The molecule has 1 fully saturated rings. The zero-order valence-electron chi connectivity index (χ0n) is 24.0. The van der Waals surface area contributed by atoms with Gasteiger partial charge in [0.05, 0.1) is 18.2 Å². The number of benzene rings is 4. The van der Waals surface area contributed by atoms with Crippen LogP contribution in [0.25, 0.3) is 10.8 Å². The van der Waals surface area contributed by atoms with Gasteiger partial charge in [0, 0.05) is 12.6 Å². The lowest BCUT2D eigenvalue weighted by Crippen LogP contribution is -2.41. The molecule has 3 unspecified atom stereocenters. The minimum Gasteiger partial charge on any atom is -0.353 e. The molecule has 42 heavy (non-hydrogen) atoms. The van der Waals surface area contributed by atoms with Gasteiger partial charge in [0.25, 0.3) is 11.3 Å². The monoisotopic (exact) mass is 581 g/mol. The van der Waals surface area contributed by atoms with E-state index in [1.807, 2.05) is 72.8 Å². The average Bonchev–Trinajstić information content (AvgIpc) is 3.01. The Bertz CT molecular complexity index is 1550. The Kier molecular flexibility index (Phi) is 8.98. The van der Waals surface area contributed by atoms with Crippen LogP contribution in [0.2, 0.25) is 0 Å². The van der Waals surface area contributed by atoms with Gasteiger partial charge in [-0.2, -0.15) is 0 Å². The number of piperidine rings is 1. The highest BCUT2D eigenvalue weighted by Crippen LogP contribution is 2.33. The number of hydrogen-bond donors (Lipinski definition) is 2. The SMILES string of the molecule is O=C(CC(c1ccccc1)N(c1ccc2ccccc2c1)S(=O)O)NC1CCc2cc(CN3CCCCC3)ccc2C1. The Hall–Kier alpha value is -3.52. The molecule has 2 aliphatic rings. The van der Waals surface area contributed by atoms with E-state index >= 15 is 0 Å². The molecule has 3 atom stereocenters. The highest BCUT2D eigenvalue weighted by molar-refractivity contribution is 7.80. The number of rotatable bonds is 9. The predicted octanol–water partition coefficient (Wildman–Crippen LogP) is 6.57. The highest BCUT2D eigenvalue weighted by Gasteiger charge is 2.29. The molecule has 1 aliphatic carbocycles. The van der Waals surface area contributed by atoms with Crippen LogP contribution in [0.1, 0.15) is 60.4 Å². The molecule has 6 rings (SSSR count). The summed E-state index contributed by atoms with van der Waals surface area (Å²) >= 11 is -2.34. The first-order valence-electron chi connectivity index (χ1n) is 15.1. The van der Waals surface area contributed by atoms with Crippen molar-refractivity contribution < 1.29 is 13.6 Å². The fourth-order valence-electron chi connectivity index (χ4n) is 6.57. The third kappa shape index (κ3) is 6.75. The minimum atomic E-state index is -2.34. The van der Waals surface area contributed by atoms with Crippen molar-refractivity contribution in [2.24, 2.45) is 0 Å². The maximum atomic E-state index is 13.5. The quantitative estimate of drug-likeness (QED) is 0.219. The van der Waals surface area contributed by atoms with Gasteiger partial charge in [-0.3, -0.25) is 18.6 Å². The largest absolute Gasteiger partial charge is 0.353 e. The summed E-state index contributed by atoms with van der Waals surface area (Å²) in [6.07, 6.45) is 6.65. The van der Waals surface area contributed by atoms with Crippen LogP contribution in [0.15, 0.2) is 91.0 Å². The number of hydrogen-bond acceptors (Lipinski definition) is 3. The van der Waals surface area contributed by atoms with Gasteiger partial charge in [0.15, 0.2) is 0 Å². The predicted molar refractivity (Wildman–Crippen MR) is 171 cm³/mol. The fourth-order valence-corrected chi connectivity index (χ4v) is 7.28. The molecule has 0 spiro atoms. The molecule has 4 aromatic carbocycles. The molecule has 7 heteroatoms. The van der Waals surface area contributed by atoms with Crippen molar-refractivity contribution >= 4 is 33.6 Å². The van der Waals surface area contributed by atoms with Crippen LogP contribution in [0.5, 0.6) is 0 Å². The van der Waals surface area contributed by atoms with Crippen LogP contribution in [0.4, 0.5) is 5.69 Å². The van der Waals surface area contributed by atoms with Gasteiger partial charge < -0.3 is 5.32 Å². The van der Waals surface area contributed by atoms with Crippen molar-refractivity contribution in [3.8, 4) is 0 Å². The summed E-state index contributed by atoms with van der Waals surface area (Å²) in [5, 5.41) is 5.29. The molecule has 218 valence electrons. The van der Waals surface area contributed by atoms with E-state index in [9.17, 15) is 13.6 Å². The Morgan fingerprint density at radius 3 is 2.45 bits per heavy atom. The molecule has 4 aromatic rings. The molecule has 1 aliphatic heterocycles. The van der Waals surface area contributed by atoms with E-state index in [0.717, 1.165) is 42.1 Å². The molecule has 1 saturated heterocycles. The molecule has 0 radical (unpaired) electrons. The van der Waals surface area contributed by atoms with Crippen molar-refractivity contribution in [2.75, 3.05) is 17.4 Å². The first kappa shape index (κ1) is 28.6. The van der Waals surface area contributed by atoms with Crippen molar-refractivity contribution in [1.82, 2.24) is 10.2 Å². The van der Waals surface area contributed by atoms with Gasteiger partial charge in [0.2, 0.25) is 5.91 Å². The number of aryl methyl sites for hydroxylation is 1. The molecule has 1 amide bonds. The number of carbonyl (C=O) groups excluding carboxylic acids is 1. The molecular weight excluding hydrogens is 542 g/mol. The van der Waals surface area contributed by atoms with Crippen LogP contribution in [0.3, 0.4) is 0 Å². The zero-order chi connectivity index (χ0) is 28.9. The topological polar surface area (TPSA) is 72.9 Å². The number of likely N-dealkylation sites (tertiary alicyclic amines) is 1. The van der Waals surface area contributed by atoms with Crippen molar-refractivity contribution in [3.05, 3.63) is 113 Å². The van der Waals surface area contributed by atoms with Crippen molar-refractivity contribution in [2.45, 2.75) is 63.6 Å². The second-order valence-corrected chi connectivity index (χ2v) is 12.5. The Morgan fingerprint density at radius 1 is 0.905 bits per heavy atom. The first-order chi connectivity index (χ1) is 20.5. The lowest BCUT2D eigenvalue weighted by Gasteiger charge is -2.32. The molecule has 6 nitrogen and oxygen atoms in total. The third-order valence-corrected chi connectivity index (χ3v) is 9.52. The Morgan fingerprint density at radius 2 is 1.67 bits per heavy atom. The smallest absolute Gasteiger partial charge is 0.262 e. The van der Waals surface area contributed by atoms with Crippen molar-refractivity contribution in [1.29, 1.82) is 0 Å². The maximum Gasteiger partial charge on any atom is 0.262 e. The van der Waals surface area contributed by atoms with E-state index in [4.69, 9.17) is 0 Å². The first-order valence-corrected chi connectivity index (χ1v) is 16.2. The summed E-state index contributed by atoms with van der Waals surface area (Å²) in [7, 11) is 0. The number of fused-ring (bicyclic) bond motifs is 2. The highest BCUT2D eigenvalue weighted by atomic mass is 32.2.